The molecule has 2 N–H and O–H groups in total. The first-order valence-electron chi connectivity index (χ1n) is 6.10. The molecule has 6 nitrogen and oxygen atoms in total. The Morgan fingerprint density at radius 3 is 2.75 bits per heavy atom. The molecule has 3 rings (SSSR count). The van der Waals surface area contributed by atoms with E-state index in [4.69, 9.17) is 10.2 Å². The molecule has 20 heavy (non-hydrogen) atoms. The van der Waals surface area contributed by atoms with Crippen LogP contribution in [0.5, 0.6) is 0 Å². The second-order valence-electron chi connectivity index (χ2n) is 4.04. The highest BCUT2D eigenvalue weighted by Gasteiger charge is 2.07. The quantitative estimate of drug-likeness (QED) is 0.723. The van der Waals surface area contributed by atoms with E-state index in [1.54, 1.807) is 0 Å². The summed E-state index contributed by atoms with van der Waals surface area (Å²) in [5.74, 6) is 1.12. The molecule has 0 atom stereocenters. The number of thioether (sulfide) groups is 1. The van der Waals surface area contributed by atoms with Crippen molar-refractivity contribution in [3.05, 3.63) is 54.2 Å². The molecule has 0 spiro atoms. The Balaban J connectivity index is 1.65. The fourth-order valence-electron chi connectivity index (χ4n) is 1.68. The lowest BCUT2D eigenvalue weighted by Crippen LogP contribution is -1.95. The van der Waals surface area contributed by atoms with Crippen molar-refractivity contribution in [1.29, 1.82) is 0 Å². The highest BCUT2D eigenvalue weighted by Crippen LogP contribution is 2.20. The van der Waals surface area contributed by atoms with Crippen molar-refractivity contribution in [2.24, 2.45) is 5.73 Å². The third-order valence-corrected chi connectivity index (χ3v) is 3.48. The van der Waals surface area contributed by atoms with Gasteiger partial charge < -0.3 is 10.2 Å². The van der Waals surface area contributed by atoms with E-state index >= 15 is 0 Å². The molecule has 7 heteroatoms. The first-order valence-corrected chi connectivity index (χ1v) is 7.09. The minimum atomic E-state index is 0.260. The zero-order valence-corrected chi connectivity index (χ0v) is 11.5. The molecule has 0 radical (unpaired) electrons. The summed E-state index contributed by atoms with van der Waals surface area (Å²) in [6, 6.07) is 11.9. The standard InChI is InChI=1S/C13H13N5OS/c14-8-12-15-16-13(19-12)20-9-10-6-7-18(17-10)11-4-2-1-3-5-11/h1-7H,8-9,14H2. The van der Waals surface area contributed by atoms with E-state index in [-0.39, 0.29) is 6.54 Å². The summed E-state index contributed by atoms with van der Waals surface area (Å²) in [6.45, 7) is 0.260. The molecule has 0 aliphatic heterocycles. The first kappa shape index (κ1) is 12.9. The monoisotopic (exact) mass is 287 g/mol. The molecule has 0 fully saturated rings. The largest absolute Gasteiger partial charge is 0.415 e. The van der Waals surface area contributed by atoms with Gasteiger partial charge in [0.15, 0.2) is 0 Å². The normalized spacial score (nSPS) is 10.8. The number of hydrogen-bond donors (Lipinski definition) is 1. The number of benzene rings is 1. The summed E-state index contributed by atoms with van der Waals surface area (Å²) in [4.78, 5) is 0. The van der Waals surface area contributed by atoms with Crippen LogP contribution in [-0.4, -0.2) is 20.0 Å². The highest BCUT2D eigenvalue weighted by molar-refractivity contribution is 7.98. The Kier molecular flexibility index (Phi) is 3.80. The third kappa shape index (κ3) is 2.89. The van der Waals surface area contributed by atoms with Crippen LogP contribution in [0.15, 0.2) is 52.2 Å². The Labute approximate surface area is 120 Å². The van der Waals surface area contributed by atoms with Crippen molar-refractivity contribution in [2.75, 3.05) is 0 Å². The average molecular weight is 287 g/mol. The van der Waals surface area contributed by atoms with E-state index in [1.165, 1.54) is 11.8 Å². The van der Waals surface area contributed by atoms with Gasteiger partial charge in [-0.1, -0.05) is 30.0 Å². The van der Waals surface area contributed by atoms with E-state index in [0.717, 1.165) is 11.4 Å². The third-order valence-electron chi connectivity index (χ3n) is 2.63. The summed E-state index contributed by atoms with van der Waals surface area (Å²) in [5, 5.41) is 12.7. The van der Waals surface area contributed by atoms with Crippen LogP contribution in [-0.2, 0) is 12.3 Å². The molecule has 2 aromatic heterocycles. The highest BCUT2D eigenvalue weighted by atomic mass is 32.2. The van der Waals surface area contributed by atoms with Gasteiger partial charge >= 0.3 is 0 Å². The van der Waals surface area contributed by atoms with Gasteiger partial charge in [0.25, 0.3) is 5.22 Å². The zero-order valence-electron chi connectivity index (χ0n) is 10.6. The number of aromatic nitrogens is 4. The second kappa shape index (κ2) is 5.89. The summed E-state index contributed by atoms with van der Waals surface area (Å²) >= 11 is 1.45. The van der Waals surface area contributed by atoms with Crippen LogP contribution < -0.4 is 5.73 Å². The Morgan fingerprint density at radius 2 is 2.00 bits per heavy atom. The smallest absolute Gasteiger partial charge is 0.277 e. The molecule has 0 aliphatic rings. The van der Waals surface area contributed by atoms with Gasteiger partial charge in [0, 0.05) is 11.9 Å². The predicted molar refractivity (Wildman–Crippen MR) is 75.3 cm³/mol. The van der Waals surface area contributed by atoms with Gasteiger partial charge in [-0.25, -0.2) is 4.68 Å². The van der Waals surface area contributed by atoms with Gasteiger partial charge in [0.1, 0.15) is 0 Å². The number of nitrogens with two attached hydrogens (primary N) is 1. The van der Waals surface area contributed by atoms with Crippen LogP contribution in [0.1, 0.15) is 11.6 Å². The number of para-hydroxylation sites is 1. The van der Waals surface area contributed by atoms with Crippen LogP contribution in [0.3, 0.4) is 0 Å². The Hall–Kier alpha value is -2.12. The molecule has 1 aromatic carbocycles. The van der Waals surface area contributed by atoms with Crippen molar-refractivity contribution >= 4 is 11.8 Å². The molecule has 2 heterocycles. The van der Waals surface area contributed by atoms with Crippen LogP contribution >= 0.6 is 11.8 Å². The first-order chi connectivity index (χ1) is 9.85. The van der Waals surface area contributed by atoms with Gasteiger partial charge in [-0.2, -0.15) is 5.10 Å². The number of rotatable bonds is 5. The zero-order chi connectivity index (χ0) is 13.8. The molecule has 0 unspecified atom stereocenters. The molecular weight excluding hydrogens is 274 g/mol. The fourth-order valence-corrected chi connectivity index (χ4v) is 2.36. The van der Waals surface area contributed by atoms with Crippen molar-refractivity contribution < 1.29 is 4.42 Å². The second-order valence-corrected chi connectivity index (χ2v) is 4.97. The molecule has 0 saturated heterocycles. The number of nitrogens with zero attached hydrogens (tertiary/aromatic N) is 4. The predicted octanol–water partition coefficient (Wildman–Crippen LogP) is 2.01. The van der Waals surface area contributed by atoms with Crippen LogP contribution in [0.4, 0.5) is 0 Å². The Bertz CT molecular complexity index is 679. The van der Waals surface area contributed by atoms with Crippen LogP contribution in [0, 0.1) is 0 Å². The van der Waals surface area contributed by atoms with Gasteiger partial charge in [0.2, 0.25) is 5.89 Å². The lowest BCUT2D eigenvalue weighted by Gasteiger charge is -1.99. The van der Waals surface area contributed by atoms with E-state index in [1.807, 2.05) is 47.3 Å². The summed E-state index contributed by atoms with van der Waals surface area (Å²) in [6.07, 6.45) is 1.93. The van der Waals surface area contributed by atoms with E-state index in [9.17, 15) is 0 Å². The van der Waals surface area contributed by atoms with Crippen molar-refractivity contribution in [3.63, 3.8) is 0 Å². The van der Waals surface area contributed by atoms with Crippen molar-refractivity contribution in [3.8, 4) is 5.69 Å². The molecule has 102 valence electrons. The minimum Gasteiger partial charge on any atom is -0.415 e. The van der Waals surface area contributed by atoms with Crippen molar-refractivity contribution in [2.45, 2.75) is 17.5 Å². The maximum Gasteiger partial charge on any atom is 0.277 e. The maximum atomic E-state index is 5.42. The lowest BCUT2D eigenvalue weighted by molar-refractivity contribution is 0.414. The topological polar surface area (TPSA) is 82.8 Å². The molecule has 0 amide bonds. The summed E-state index contributed by atoms with van der Waals surface area (Å²) in [7, 11) is 0. The molecular formula is C13H13N5OS. The molecule has 0 saturated carbocycles. The molecule has 3 aromatic rings. The SMILES string of the molecule is NCc1nnc(SCc2ccn(-c3ccccc3)n2)o1. The lowest BCUT2D eigenvalue weighted by atomic mass is 10.3. The average Bonchev–Trinajstić information content (AvgIpc) is 3.15. The summed E-state index contributed by atoms with van der Waals surface area (Å²) < 4.78 is 7.17. The maximum absolute atomic E-state index is 5.42. The van der Waals surface area contributed by atoms with E-state index < -0.39 is 0 Å². The van der Waals surface area contributed by atoms with Gasteiger partial charge in [0.05, 0.1) is 17.9 Å². The van der Waals surface area contributed by atoms with Gasteiger partial charge in [-0.05, 0) is 18.2 Å². The van der Waals surface area contributed by atoms with Crippen LogP contribution in [0.25, 0.3) is 5.69 Å². The van der Waals surface area contributed by atoms with E-state index in [0.29, 0.717) is 16.9 Å². The van der Waals surface area contributed by atoms with Gasteiger partial charge in [-0.15, -0.1) is 10.2 Å². The molecule has 0 bridgehead atoms. The number of hydrogen-bond acceptors (Lipinski definition) is 6. The minimum absolute atomic E-state index is 0.260. The van der Waals surface area contributed by atoms with E-state index in [2.05, 4.69) is 15.3 Å². The van der Waals surface area contributed by atoms with Crippen LogP contribution in [0.2, 0.25) is 0 Å². The fraction of sp³-hybridized carbons (Fsp3) is 0.154. The summed E-state index contributed by atoms with van der Waals surface area (Å²) in [5.41, 5.74) is 7.40. The molecule has 0 aliphatic carbocycles. The van der Waals surface area contributed by atoms with Crippen molar-refractivity contribution in [1.82, 2.24) is 20.0 Å². The van der Waals surface area contributed by atoms with Gasteiger partial charge in [-0.3, -0.25) is 0 Å². The Morgan fingerprint density at radius 1 is 1.15 bits per heavy atom.